The van der Waals surface area contributed by atoms with Crippen LogP contribution in [-0.2, 0) is 0 Å². The van der Waals surface area contributed by atoms with Crippen LogP contribution in [0.15, 0.2) is 47.4 Å². The van der Waals surface area contributed by atoms with Gasteiger partial charge in [0.15, 0.2) is 0 Å². The van der Waals surface area contributed by atoms with Gasteiger partial charge < -0.3 is 5.32 Å². The van der Waals surface area contributed by atoms with E-state index in [4.69, 9.17) is 0 Å². The summed E-state index contributed by atoms with van der Waals surface area (Å²) in [4.78, 5) is 0.885. The summed E-state index contributed by atoms with van der Waals surface area (Å²) in [7, 11) is 0. The zero-order valence-electron chi connectivity index (χ0n) is 11.6. The number of rotatable bonds is 6. The van der Waals surface area contributed by atoms with Gasteiger partial charge in [0.25, 0.3) is 0 Å². The molecule has 0 spiro atoms. The van der Waals surface area contributed by atoms with Crippen LogP contribution in [-0.4, -0.2) is 12.3 Å². The Morgan fingerprint density at radius 1 is 1.00 bits per heavy atom. The molecule has 0 saturated carbocycles. The Morgan fingerprint density at radius 2 is 1.67 bits per heavy atom. The minimum Gasteiger partial charge on any atom is -0.309 e. The molecule has 21 heavy (non-hydrogen) atoms. The standard InChI is InChI=1S/C16H16F3NS/c1-2-20-16(14-9-12(18)5-8-15(14)19)10-21-13-6-3-11(17)4-7-13/h3-9,16,20H,2,10H2,1H3. The summed E-state index contributed by atoms with van der Waals surface area (Å²) in [5.41, 5.74) is 0.312. The predicted octanol–water partition coefficient (Wildman–Crippen LogP) is 4.55. The maximum atomic E-state index is 13.9. The highest BCUT2D eigenvalue weighted by Gasteiger charge is 2.16. The molecule has 1 N–H and O–H groups in total. The van der Waals surface area contributed by atoms with Crippen molar-refractivity contribution in [3.63, 3.8) is 0 Å². The molecule has 0 radical (unpaired) electrons. The number of thioether (sulfide) groups is 1. The molecule has 0 amide bonds. The first-order valence-electron chi connectivity index (χ1n) is 6.67. The summed E-state index contributed by atoms with van der Waals surface area (Å²) < 4.78 is 40.0. The number of nitrogens with one attached hydrogen (secondary N) is 1. The third-order valence-electron chi connectivity index (χ3n) is 3.01. The molecular weight excluding hydrogens is 295 g/mol. The Labute approximate surface area is 126 Å². The van der Waals surface area contributed by atoms with E-state index in [1.165, 1.54) is 30.0 Å². The molecule has 0 fully saturated rings. The fourth-order valence-electron chi connectivity index (χ4n) is 2.00. The highest BCUT2D eigenvalue weighted by Crippen LogP contribution is 2.27. The summed E-state index contributed by atoms with van der Waals surface area (Å²) in [6.45, 7) is 2.55. The molecule has 2 aromatic rings. The van der Waals surface area contributed by atoms with Gasteiger partial charge in [0.05, 0.1) is 0 Å². The van der Waals surface area contributed by atoms with Crippen LogP contribution in [0.5, 0.6) is 0 Å². The van der Waals surface area contributed by atoms with Gasteiger partial charge in [0, 0.05) is 22.3 Å². The summed E-state index contributed by atoms with van der Waals surface area (Å²) in [5, 5.41) is 3.15. The fraction of sp³-hybridized carbons (Fsp3) is 0.250. The van der Waals surface area contributed by atoms with Crippen LogP contribution < -0.4 is 5.32 Å². The monoisotopic (exact) mass is 311 g/mol. The van der Waals surface area contributed by atoms with E-state index in [0.29, 0.717) is 17.9 Å². The topological polar surface area (TPSA) is 12.0 Å². The van der Waals surface area contributed by atoms with Crippen LogP contribution in [0.3, 0.4) is 0 Å². The smallest absolute Gasteiger partial charge is 0.128 e. The molecule has 0 bridgehead atoms. The highest BCUT2D eigenvalue weighted by atomic mass is 32.2. The molecule has 1 atom stereocenters. The lowest BCUT2D eigenvalue weighted by molar-refractivity contribution is 0.533. The molecular formula is C16H16F3NS. The van der Waals surface area contributed by atoms with Gasteiger partial charge in [-0.2, -0.15) is 0 Å². The van der Waals surface area contributed by atoms with Crippen molar-refractivity contribution >= 4 is 11.8 Å². The first kappa shape index (κ1) is 15.9. The van der Waals surface area contributed by atoms with E-state index in [-0.39, 0.29) is 11.9 Å². The van der Waals surface area contributed by atoms with Crippen LogP contribution in [0.2, 0.25) is 0 Å². The van der Waals surface area contributed by atoms with Crippen LogP contribution in [0.25, 0.3) is 0 Å². The summed E-state index contributed by atoms with van der Waals surface area (Å²) >= 11 is 1.47. The lowest BCUT2D eigenvalue weighted by atomic mass is 10.1. The van der Waals surface area contributed by atoms with Gasteiger partial charge in [0.2, 0.25) is 0 Å². The summed E-state index contributed by atoms with van der Waals surface area (Å²) in [6, 6.07) is 9.26. The summed E-state index contributed by atoms with van der Waals surface area (Å²) in [5.74, 6) is -0.651. The van der Waals surface area contributed by atoms with Crippen LogP contribution in [0.4, 0.5) is 13.2 Å². The van der Waals surface area contributed by atoms with Crippen molar-refractivity contribution in [3.8, 4) is 0 Å². The third kappa shape index (κ3) is 4.51. The van der Waals surface area contributed by atoms with Crippen molar-refractivity contribution in [1.82, 2.24) is 5.32 Å². The normalized spacial score (nSPS) is 12.4. The Balaban J connectivity index is 2.11. The zero-order chi connectivity index (χ0) is 15.2. The van der Waals surface area contributed by atoms with Gasteiger partial charge in [-0.05, 0) is 49.0 Å². The van der Waals surface area contributed by atoms with E-state index in [9.17, 15) is 13.2 Å². The maximum absolute atomic E-state index is 13.9. The largest absolute Gasteiger partial charge is 0.309 e. The Morgan fingerprint density at radius 3 is 2.33 bits per heavy atom. The van der Waals surface area contributed by atoms with Crippen molar-refractivity contribution in [3.05, 3.63) is 65.5 Å². The molecule has 1 unspecified atom stereocenters. The minimum absolute atomic E-state index is 0.293. The Hall–Kier alpha value is -1.46. The molecule has 0 aliphatic heterocycles. The molecule has 0 saturated heterocycles. The number of benzene rings is 2. The Kier molecular flexibility index (Phi) is 5.70. The van der Waals surface area contributed by atoms with Crippen molar-refractivity contribution < 1.29 is 13.2 Å². The van der Waals surface area contributed by atoms with E-state index in [2.05, 4.69) is 5.32 Å². The lowest BCUT2D eigenvalue weighted by Gasteiger charge is -2.18. The minimum atomic E-state index is -0.457. The van der Waals surface area contributed by atoms with Crippen LogP contribution >= 0.6 is 11.8 Å². The van der Waals surface area contributed by atoms with E-state index in [1.807, 2.05) is 6.92 Å². The van der Waals surface area contributed by atoms with E-state index >= 15 is 0 Å². The Bertz CT molecular complexity index is 587. The average molecular weight is 311 g/mol. The third-order valence-corrected chi connectivity index (χ3v) is 4.12. The molecule has 0 aliphatic carbocycles. The van der Waals surface area contributed by atoms with E-state index in [1.54, 1.807) is 12.1 Å². The van der Waals surface area contributed by atoms with Gasteiger partial charge in [-0.1, -0.05) is 6.92 Å². The van der Waals surface area contributed by atoms with Gasteiger partial charge >= 0.3 is 0 Å². The lowest BCUT2D eigenvalue weighted by Crippen LogP contribution is -2.24. The number of halogens is 3. The van der Waals surface area contributed by atoms with Crippen molar-refractivity contribution in [2.45, 2.75) is 17.9 Å². The van der Waals surface area contributed by atoms with Gasteiger partial charge in [0.1, 0.15) is 17.5 Å². The number of hydrogen-bond acceptors (Lipinski definition) is 2. The number of hydrogen-bond donors (Lipinski definition) is 1. The average Bonchev–Trinajstić information content (AvgIpc) is 2.48. The molecule has 112 valence electrons. The fourth-order valence-corrected chi connectivity index (χ4v) is 2.98. The molecule has 2 rings (SSSR count). The van der Waals surface area contributed by atoms with Gasteiger partial charge in [-0.3, -0.25) is 0 Å². The molecule has 0 aliphatic rings. The predicted molar refractivity (Wildman–Crippen MR) is 79.9 cm³/mol. The molecule has 0 aromatic heterocycles. The SMILES string of the molecule is CCNC(CSc1ccc(F)cc1)c1cc(F)ccc1F. The second-order valence-corrected chi connectivity index (χ2v) is 5.63. The first-order chi connectivity index (χ1) is 10.1. The second-order valence-electron chi connectivity index (χ2n) is 4.54. The van der Waals surface area contributed by atoms with Crippen molar-refractivity contribution in [2.75, 3.05) is 12.3 Å². The van der Waals surface area contributed by atoms with Crippen LogP contribution in [0.1, 0.15) is 18.5 Å². The summed E-state index contributed by atoms with van der Waals surface area (Å²) in [6.07, 6.45) is 0. The molecule has 0 heterocycles. The van der Waals surface area contributed by atoms with E-state index in [0.717, 1.165) is 17.0 Å². The quantitative estimate of drug-likeness (QED) is 0.786. The maximum Gasteiger partial charge on any atom is 0.128 e. The van der Waals surface area contributed by atoms with Gasteiger partial charge in [-0.25, -0.2) is 13.2 Å². The zero-order valence-corrected chi connectivity index (χ0v) is 12.4. The highest BCUT2D eigenvalue weighted by molar-refractivity contribution is 7.99. The van der Waals surface area contributed by atoms with Crippen molar-refractivity contribution in [2.24, 2.45) is 0 Å². The first-order valence-corrected chi connectivity index (χ1v) is 7.65. The van der Waals surface area contributed by atoms with Crippen LogP contribution in [0, 0.1) is 17.5 Å². The second kappa shape index (κ2) is 7.52. The van der Waals surface area contributed by atoms with E-state index < -0.39 is 11.6 Å². The van der Waals surface area contributed by atoms with Gasteiger partial charge in [-0.15, -0.1) is 11.8 Å². The molecule has 5 heteroatoms. The molecule has 2 aromatic carbocycles. The van der Waals surface area contributed by atoms with Crippen molar-refractivity contribution in [1.29, 1.82) is 0 Å². The molecule has 1 nitrogen and oxygen atoms in total.